The topological polar surface area (TPSA) is 42.4 Å². The van der Waals surface area contributed by atoms with Crippen LogP contribution in [0.2, 0.25) is 5.02 Å². The van der Waals surface area contributed by atoms with Gasteiger partial charge in [0.1, 0.15) is 5.75 Å². The molecule has 2 aromatic rings. The normalized spacial score (nSPS) is 10.4. The van der Waals surface area contributed by atoms with Crippen LogP contribution in [0.25, 0.3) is 11.1 Å². The molecule has 0 aliphatic heterocycles. The van der Waals surface area contributed by atoms with E-state index in [4.69, 9.17) is 21.4 Å². The third-order valence-electron chi connectivity index (χ3n) is 2.54. The highest BCUT2D eigenvalue weighted by molar-refractivity contribution is 6.30. The molecule has 0 spiro atoms. The van der Waals surface area contributed by atoms with Crippen molar-refractivity contribution >= 4 is 11.6 Å². The molecule has 0 saturated carbocycles. The molecule has 1 aromatic carbocycles. The van der Waals surface area contributed by atoms with Crippen molar-refractivity contribution in [3.63, 3.8) is 0 Å². The van der Waals surface area contributed by atoms with Crippen LogP contribution in [0, 0.1) is 0 Å². The van der Waals surface area contributed by atoms with E-state index in [1.54, 1.807) is 6.20 Å². The molecule has 0 bridgehead atoms. The Morgan fingerprint density at radius 2 is 2.00 bits per heavy atom. The summed E-state index contributed by atoms with van der Waals surface area (Å²) in [5.74, 6) is 0.706. The maximum atomic E-state index is 9.15. The second kappa shape index (κ2) is 5.85. The highest BCUT2D eigenvalue weighted by Crippen LogP contribution is 2.30. The highest BCUT2D eigenvalue weighted by Gasteiger charge is 2.08. The van der Waals surface area contributed by atoms with Gasteiger partial charge in [-0.05, 0) is 30.7 Å². The van der Waals surface area contributed by atoms with Gasteiger partial charge in [0.2, 0.25) is 0 Å². The van der Waals surface area contributed by atoms with Gasteiger partial charge in [-0.2, -0.15) is 0 Å². The van der Waals surface area contributed by atoms with Crippen molar-refractivity contribution in [2.75, 3.05) is 6.61 Å². The number of hydrogen-bond acceptors (Lipinski definition) is 3. The van der Waals surface area contributed by atoms with Crippen LogP contribution < -0.4 is 4.74 Å². The van der Waals surface area contributed by atoms with E-state index in [0.717, 1.165) is 11.1 Å². The highest BCUT2D eigenvalue weighted by atomic mass is 35.5. The van der Waals surface area contributed by atoms with Crippen LogP contribution in [-0.2, 0) is 6.61 Å². The van der Waals surface area contributed by atoms with E-state index in [1.807, 2.05) is 37.3 Å². The average molecular weight is 264 g/mol. The van der Waals surface area contributed by atoms with Gasteiger partial charge in [-0.3, -0.25) is 4.98 Å². The SMILES string of the molecule is CCOc1cnc(CO)cc1-c1ccc(Cl)cc1. The smallest absolute Gasteiger partial charge is 0.145 e. The van der Waals surface area contributed by atoms with Gasteiger partial charge in [0, 0.05) is 10.6 Å². The van der Waals surface area contributed by atoms with Gasteiger partial charge in [-0.25, -0.2) is 0 Å². The Morgan fingerprint density at radius 3 is 2.61 bits per heavy atom. The van der Waals surface area contributed by atoms with E-state index in [-0.39, 0.29) is 6.61 Å². The number of halogens is 1. The first-order valence-electron chi connectivity index (χ1n) is 5.73. The van der Waals surface area contributed by atoms with E-state index < -0.39 is 0 Å². The Labute approximate surface area is 111 Å². The third kappa shape index (κ3) is 2.81. The Balaban J connectivity index is 2.48. The quantitative estimate of drug-likeness (QED) is 0.920. The predicted molar refractivity (Wildman–Crippen MR) is 71.8 cm³/mol. The first kappa shape index (κ1) is 12.9. The second-order valence-electron chi connectivity index (χ2n) is 3.77. The lowest BCUT2D eigenvalue weighted by Crippen LogP contribution is -1.98. The van der Waals surface area contributed by atoms with Crippen LogP contribution in [0.1, 0.15) is 12.6 Å². The van der Waals surface area contributed by atoms with E-state index in [2.05, 4.69) is 4.98 Å². The van der Waals surface area contributed by atoms with Crippen LogP contribution in [-0.4, -0.2) is 16.7 Å². The standard InChI is InChI=1S/C14H14ClNO2/c1-2-18-14-8-16-12(9-17)7-13(14)10-3-5-11(15)6-4-10/h3-8,17H,2,9H2,1H3. The zero-order chi connectivity index (χ0) is 13.0. The van der Waals surface area contributed by atoms with Crippen molar-refractivity contribution in [3.05, 3.63) is 47.2 Å². The number of pyridine rings is 1. The molecule has 0 radical (unpaired) electrons. The average Bonchev–Trinajstić information content (AvgIpc) is 2.40. The van der Waals surface area contributed by atoms with Gasteiger partial charge >= 0.3 is 0 Å². The third-order valence-corrected chi connectivity index (χ3v) is 2.79. The maximum absolute atomic E-state index is 9.15. The minimum Gasteiger partial charge on any atom is -0.492 e. The molecule has 3 nitrogen and oxygen atoms in total. The molecule has 1 heterocycles. The second-order valence-corrected chi connectivity index (χ2v) is 4.21. The molecule has 94 valence electrons. The molecular weight excluding hydrogens is 250 g/mol. The Morgan fingerprint density at radius 1 is 1.28 bits per heavy atom. The largest absolute Gasteiger partial charge is 0.492 e. The molecule has 18 heavy (non-hydrogen) atoms. The number of aromatic nitrogens is 1. The fourth-order valence-corrected chi connectivity index (χ4v) is 1.82. The van der Waals surface area contributed by atoms with Crippen molar-refractivity contribution < 1.29 is 9.84 Å². The summed E-state index contributed by atoms with van der Waals surface area (Å²) in [6, 6.07) is 9.31. The molecule has 1 N–H and O–H groups in total. The van der Waals surface area contributed by atoms with Gasteiger partial charge in [-0.1, -0.05) is 23.7 Å². The van der Waals surface area contributed by atoms with Crippen LogP contribution in [0.4, 0.5) is 0 Å². The molecular formula is C14H14ClNO2. The molecule has 0 fully saturated rings. The summed E-state index contributed by atoms with van der Waals surface area (Å²) >= 11 is 5.88. The number of hydrogen-bond donors (Lipinski definition) is 1. The fourth-order valence-electron chi connectivity index (χ4n) is 1.70. The molecule has 2 rings (SSSR count). The Bertz CT molecular complexity index is 526. The number of aliphatic hydroxyl groups is 1. The lowest BCUT2D eigenvalue weighted by molar-refractivity contribution is 0.276. The van der Waals surface area contributed by atoms with E-state index in [0.29, 0.717) is 23.1 Å². The summed E-state index contributed by atoms with van der Waals surface area (Å²) in [6.45, 7) is 2.40. The summed E-state index contributed by atoms with van der Waals surface area (Å²) in [6.07, 6.45) is 1.64. The molecule has 0 amide bonds. The molecule has 0 saturated heterocycles. The van der Waals surface area contributed by atoms with Crippen LogP contribution in [0.3, 0.4) is 0 Å². The summed E-state index contributed by atoms with van der Waals surface area (Å²) in [7, 11) is 0. The zero-order valence-corrected chi connectivity index (χ0v) is 10.8. The predicted octanol–water partition coefficient (Wildman–Crippen LogP) is 3.29. The Hall–Kier alpha value is -1.58. The van der Waals surface area contributed by atoms with Gasteiger partial charge in [0.25, 0.3) is 0 Å². The number of aliphatic hydroxyl groups excluding tert-OH is 1. The maximum Gasteiger partial charge on any atom is 0.145 e. The lowest BCUT2D eigenvalue weighted by atomic mass is 10.1. The summed E-state index contributed by atoms with van der Waals surface area (Å²) in [5, 5.41) is 9.84. The summed E-state index contributed by atoms with van der Waals surface area (Å²) in [4.78, 5) is 4.12. The van der Waals surface area contributed by atoms with Crippen molar-refractivity contribution in [3.8, 4) is 16.9 Å². The van der Waals surface area contributed by atoms with Gasteiger partial charge in [0.15, 0.2) is 0 Å². The van der Waals surface area contributed by atoms with Gasteiger partial charge in [0.05, 0.1) is 25.1 Å². The van der Waals surface area contributed by atoms with Crippen molar-refractivity contribution in [1.82, 2.24) is 4.98 Å². The zero-order valence-electron chi connectivity index (χ0n) is 10.1. The molecule has 0 atom stereocenters. The van der Waals surface area contributed by atoms with Crippen LogP contribution >= 0.6 is 11.6 Å². The van der Waals surface area contributed by atoms with Crippen molar-refractivity contribution in [2.45, 2.75) is 13.5 Å². The van der Waals surface area contributed by atoms with Gasteiger partial charge in [-0.15, -0.1) is 0 Å². The minimum absolute atomic E-state index is 0.0903. The number of benzene rings is 1. The molecule has 0 aliphatic rings. The first-order chi connectivity index (χ1) is 8.74. The molecule has 1 aromatic heterocycles. The van der Waals surface area contributed by atoms with E-state index >= 15 is 0 Å². The number of nitrogens with zero attached hydrogens (tertiary/aromatic N) is 1. The van der Waals surface area contributed by atoms with Gasteiger partial charge < -0.3 is 9.84 Å². The summed E-state index contributed by atoms with van der Waals surface area (Å²) < 4.78 is 5.54. The van der Waals surface area contributed by atoms with Crippen molar-refractivity contribution in [1.29, 1.82) is 0 Å². The molecule has 0 aliphatic carbocycles. The van der Waals surface area contributed by atoms with Crippen molar-refractivity contribution in [2.24, 2.45) is 0 Å². The van der Waals surface area contributed by atoms with E-state index in [9.17, 15) is 0 Å². The Kier molecular flexibility index (Phi) is 4.18. The summed E-state index contributed by atoms with van der Waals surface area (Å²) in [5.41, 5.74) is 2.51. The number of ether oxygens (including phenoxy) is 1. The fraction of sp³-hybridized carbons (Fsp3) is 0.214. The van der Waals surface area contributed by atoms with E-state index in [1.165, 1.54) is 0 Å². The monoisotopic (exact) mass is 263 g/mol. The number of rotatable bonds is 4. The molecule has 4 heteroatoms. The van der Waals surface area contributed by atoms with Crippen LogP contribution in [0.5, 0.6) is 5.75 Å². The minimum atomic E-state index is -0.0903. The lowest BCUT2D eigenvalue weighted by Gasteiger charge is -2.11. The first-order valence-corrected chi connectivity index (χ1v) is 6.11. The molecule has 0 unspecified atom stereocenters. The van der Waals surface area contributed by atoms with Crippen LogP contribution in [0.15, 0.2) is 36.5 Å².